The van der Waals surface area contributed by atoms with Crippen molar-refractivity contribution < 1.29 is 0 Å². The van der Waals surface area contributed by atoms with Crippen LogP contribution in [0, 0.1) is 5.92 Å². The maximum absolute atomic E-state index is 4.69. The summed E-state index contributed by atoms with van der Waals surface area (Å²) >= 11 is 0. The lowest BCUT2D eigenvalue weighted by Gasteiger charge is -2.11. The van der Waals surface area contributed by atoms with Crippen LogP contribution in [0.25, 0.3) is 0 Å². The van der Waals surface area contributed by atoms with Crippen LogP contribution in [0.1, 0.15) is 44.4 Å². The van der Waals surface area contributed by atoms with Gasteiger partial charge in [-0.05, 0) is 30.9 Å². The second-order valence-electron chi connectivity index (χ2n) is 5.68. The van der Waals surface area contributed by atoms with Crippen molar-refractivity contribution in [1.82, 2.24) is 15.0 Å². The van der Waals surface area contributed by atoms with Crippen LogP contribution >= 0.6 is 0 Å². The first kappa shape index (κ1) is 15.4. The molecule has 0 unspecified atom stereocenters. The molecule has 0 fully saturated rings. The van der Waals surface area contributed by atoms with E-state index in [2.05, 4.69) is 47.1 Å². The van der Waals surface area contributed by atoms with Gasteiger partial charge in [0.05, 0.1) is 6.42 Å². The molecule has 0 aliphatic heterocycles. The van der Waals surface area contributed by atoms with Crippen LogP contribution < -0.4 is 5.32 Å². The Balaban J connectivity index is 2.21. The summed E-state index contributed by atoms with van der Waals surface area (Å²) in [5.41, 5.74) is 2.10. The maximum Gasteiger partial charge on any atom is 0.136 e. The molecule has 0 atom stereocenters. The summed E-state index contributed by atoms with van der Waals surface area (Å²) in [6, 6.07) is 8.00. The third-order valence-electron chi connectivity index (χ3n) is 3.06. The first-order valence-electron chi connectivity index (χ1n) is 7.68. The zero-order chi connectivity index (χ0) is 15.1. The highest BCUT2D eigenvalue weighted by Crippen LogP contribution is 2.13. The highest BCUT2D eigenvalue weighted by molar-refractivity contribution is 5.36. The number of rotatable bonds is 7. The van der Waals surface area contributed by atoms with E-state index in [1.165, 1.54) is 0 Å². The molecule has 4 heteroatoms. The Labute approximate surface area is 127 Å². The maximum atomic E-state index is 4.69. The zero-order valence-corrected chi connectivity index (χ0v) is 13.1. The highest BCUT2D eigenvalue weighted by Gasteiger charge is 2.07. The Kier molecular flexibility index (Phi) is 5.67. The van der Waals surface area contributed by atoms with Gasteiger partial charge in [-0.15, -0.1) is 0 Å². The van der Waals surface area contributed by atoms with Crippen molar-refractivity contribution in [3.8, 4) is 0 Å². The average molecular weight is 284 g/mol. The van der Waals surface area contributed by atoms with Crippen LogP contribution in [0.15, 0.2) is 30.5 Å². The van der Waals surface area contributed by atoms with E-state index in [0.717, 1.165) is 42.4 Å². The number of pyridine rings is 1. The second-order valence-corrected chi connectivity index (χ2v) is 5.68. The van der Waals surface area contributed by atoms with E-state index in [1.54, 1.807) is 0 Å². The Morgan fingerprint density at radius 2 is 2.00 bits per heavy atom. The first-order chi connectivity index (χ1) is 10.2. The zero-order valence-electron chi connectivity index (χ0n) is 13.1. The van der Waals surface area contributed by atoms with E-state index < -0.39 is 0 Å². The number of hydrogen-bond acceptors (Lipinski definition) is 4. The molecular weight excluding hydrogens is 260 g/mol. The molecule has 112 valence electrons. The van der Waals surface area contributed by atoms with Gasteiger partial charge < -0.3 is 5.32 Å². The minimum absolute atomic E-state index is 0.585. The first-order valence-corrected chi connectivity index (χ1v) is 7.68. The molecule has 0 aliphatic carbocycles. The van der Waals surface area contributed by atoms with Crippen molar-refractivity contribution in [1.29, 1.82) is 0 Å². The number of anilines is 1. The molecule has 21 heavy (non-hydrogen) atoms. The van der Waals surface area contributed by atoms with Gasteiger partial charge in [-0.25, -0.2) is 9.97 Å². The predicted molar refractivity (Wildman–Crippen MR) is 86.4 cm³/mol. The minimum atomic E-state index is 0.585. The summed E-state index contributed by atoms with van der Waals surface area (Å²) in [5.74, 6) is 2.35. The van der Waals surface area contributed by atoms with Crippen molar-refractivity contribution in [3.63, 3.8) is 0 Å². The number of aromatic nitrogens is 3. The van der Waals surface area contributed by atoms with E-state index in [4.69, 9.17) is 0 Å². The van der Waals surface area contributed by atoms with Gasteiger partial charge in [0.25, 0.3) is 0 Å². The molecule has 0 aromatic carbocycles. The highest BCUT2D eigenvalue weighted by atomic mass is 15.0. The SMILES string of the molecule is CCCNc1cc(CC(C)C)nc(Cc2ccccn2)n1. The van der Waals surface area contributed by atoms with E-state index in [0.29, 0.717) is 12.3 Å². The fourth-order valence-corrected chi connectivity index (χ4v) is 2.16. The number of nitrogens with zero attached hydrogens (tertiary/aromatic N) is 3. The van der Waals surface area contributed by atoms with Crippen molar-refractivity contribution in [2.45, 2.75) is 40.0 Å². The Morgan fingerprint density at radius 1 is 1.14 bits per heavy atom. The molecule has 0 amide bonds. The standard InChI is InChI=1S/C17H24N4/c1-4-8-19-16-12-15(10-13(2)3)20-17(21-16)11-14-7-5-6-9-18-14/h5-7,9,12-13H,4,8,10-11H2,1-3H3,(H,19,20,21). The smallest absolute Gasteiger partial charge is 0.136 e. The fraction of sp³-hybridized carbons (Fsp3) is 0.471. The molecule has 2 heterocycles. The third-order valence-corrected chi connectivity index (χ3v) is 3.06. The summed E-state index contributed by atoms with van der Waals surface area (Å²) in [6.07, 6.45) is 4.54. The van der Waals surface area contributed by atoms with Crippen LogP contribution in [0.4, 0.5) is 5.82 Å². The Morgan fingerprint density at radius 3 is 2.67 bits per heavy atom. The predicted octanol–water partition coefficient (Wildman–Crippen LogP) is 3.48. The quantitative estimate of drug-likeness (QED) is 0.845. The molecule has 4 nitrogen and oxygen atoms in total. The molecular formula is C17H24N4. The van der Waals surface area contributed by atoms with Crippen LogP contribution in [-0.4, -0.2) is 21.5 Å². The van der Waals surface area contributed by atoms with Gasteiger partial charge in [0.2, 0.25) is 0 Å². The molecule has 0 radical (unpaired) electrons. The molecule has 2 aromatic heterocycles. The van der Waals surface area contributed by atoms with Crippen molar-refractivity contribution in [3.05, 3.63) is 47.7 Å². The largest absolute Gasteiger partial charge is 0.370 e. The van der Waals surface area contributed by atoms with Crippen LogP contribution in [0.3, 0.4) is 0 Å². The summed E-state index contributed by atoms with van der Waals surface area (Å²) < 4.78 is 0. The lowest BCUT2D eigenvalue weighted by Crippen LogP contribution is -2.09. The monoisotopic (exact) mass is 284 g/mol. The second kappa shape index (κ2) is 7.72. The summed E-state index contributed by atoms with van der Waals surface area (Å²) in [6.45, 7) is 7.50. The van der Waals surface area contributed by atoms with Gasteiger partial charge in [0.15, 0.2) is 0 Å². The molecule has 0 saturated carbocycles. The van der Waals surface area contributed by atoms with Gasteiger partial charge in [-0.1, -0.05) is 26.8 Å². The summed E-state index contributed by atoms with van der Waals surface area (Å²) in [7, 11) is 0. The van der Waals surface area contributed by atoms with E-state index in [1.807, 2.05) is 24.4 Å². The normalized spacial score (nSPS) is 10.9. The molecule has 2 aromatic rings. The van der Waals surface area contributed by atoms with Crippen LogP contribution in [0.2, 0.25) is 0 Å². The lowest BCUT2D eigenvalue weighted by atomic mass is 10.1. The molecule has 0 bridgehead atoms. The van der Waals surface area contributed by atoms with Crippen molar-refractivity contribution in [2.75, 3.05) is 11.9 Å². The molecule has 1 N–H and O–H groups in total. The van der Waals surface area contributed by atoms with Crippen LogP contribution in [-0.2, 0) is 12.8 Å². The van der Waals surface area contributed by atoms with Gasteiger partial charge >= 0.3 is 0 Å². The number of hydrogen-bond donors (Lipinski definition) is 1. The van der Waals surface area contributed by atoms with Crippen molar-refractivity contribution >= 4 is 5.82 Å². The third kappa shape index (κ3) is 5.14. The van der Waals surface area contributed by atoms with E-state index in [-0.39, 0.29) is 0 Å². The van der Waals surface area contributed by atoms with Gasteiger partial charge in [-0.2, -0.15) is 0 Å². The lowest BCUT2D eigenvalue weighted by molar-refractivity contribution is 0.631. The molecule has 0 aliphatic rings. The molecule has 2 rings (SSSR count). The fourth-order valence-electron chi connectivity index (χ4n) is 2.16. The average Bonchev–Trinajstić information content (AvgIpc) is 2.45. The number of nitrogens with one attached hydrogen (secondary N) is 1. The Bertz CT molecular complexity index is 552. The molecule has 0 saturated heterocycles. The molecule has 0 spiro atoms. The van der Waals surface area contributed by atoms with Crippen LogP contribution in [0.5, 0.6) is 0 Å². The summed E-state index contributed by atoms with van der Waals surface area (Å²) in [5, 5.41) is 3.36. The van der Waals surface area contributed by atoms with Gasteiger partial charge in [-0.3, -0.25) is 4.98 Å². The topological polar surface area (TPSA) is 50.7 Å². The van der Waals surface area contributed by atoms with Gasteiger partial charge in [0.1, 0.15) is 11.6 Å². The summed E-state index contributed by atoms with van der Waals surface area (Å²) in [4.78, 5) is 13.7. The minimum Gasteiger partial charge on any atom is -0.370 e. The van der Waals surface area contributed by atoms with E-state index >= 15 is 0 Å². The van der Waals surface area contributed by atoms with Crippen molar-refractivity contribution in [2.24, 2.45) is 5.92 Å². The van der Waals surface area contributed by atoms with Gasteiger partial charge in [0, 0.05) is 30.2 Å². The Hall–Kier alpha value is -1.97. The van der Waals surface area contributed by atoms with E-state index in [9.17, 15) is 0 Å².